The molecule has 4 radical (unpaired) electrons. The van der Waals surface area contributed by atoms with Gasteiger partial charge in [0.05, 0.1) is 0 Å². The van der Waals surface area contributed by atoms with Crippen LogP contribution in [0, 0.1) is 0 Å². The van der Waals surface area contributed by atoms with Crippen LogP contribution < -0.4 is 0 Å². The van der Waals surface area contributed by atoms with Crippen LogP contribution in [-0.4, -0.2) is 27.3 Å². The fourth-order valence-electron chi connectivity index (χ4n) is 0. The van der Waals surface area contributed by atoms with Crippen molar-refractivity contribution in [2.24, 2.45) is 0 Å². The van der Waals surface area contributed by atoms with Crippen molar-refractivity contribution in [2.45, 2.75) is 0 Å². The summed E-state index contributed by atoms with van der Waals surface area (Å²) >= 11 is 0. The zero-order valence-corrected chi connectivity index (χ0v) is 15.5. The van der Waals surface area contributed by atoms with Crippen LogP contribution in [0.4, 0.5) is 0 Å². The zero-order valence-electron chi connectivity index (χ0n) is 2.22. The zero-order chi connectivity index (χ0) is 0. The van der Waals surface area contributed by atoms with E-state index in [0.717, 1.165) is 0 Å². The molecule has 0 saturated carbocycles. The normalized spacial score (nSPS) is 0. The van der Waals surface area contributed by atoms with Gasteiger partial charge in [0.15, 0.2) is 0 Å². The van der Waals surface area contributed by atoms with E-state index in [2.05, 4.69) is 0 Å². The van der Waals surface area contributed by atoms with E-state index >= 15 is 0 Å². The average Bonchev–Trinajstić information content (AvgIpc) is 0. The van der Waals surface area contributed by atoms with Crippen molar-refractivity contribution >= 4 is 27.3 Å². The summed E-state index contributed by atoms with van der Waals surface area (Å²) in [6.45, 7) is 0. The Morgan fingerprint density at radius 2 is 1.00 bits per heavy atom. The molecule has 0 rings (SSSR count). The number of hydrogen-bond donors (Lipinski definition) is 0. The van der Waals surface area contributed by atoms with E-state index in [-0.39, 0.29) is 91.5 Å². The molecule has 0 heterocycles. The minimum absolute atomic E-state index is 0. The quantitative estimate of drug-likeness (QED) is 0.370. The standard InChI is InChI=1S/Cu.Hg.Pb.Zn/q+1;+2;;+2. The van der Waals surface area contributed by atoms with Gasteiger partial charge in [-0.15, -0.1) is 0 Å². The van der Waals surface area contributed by atoms with Crippen LogP contribution in [0.5, 0.6) is 0 Å². The first-order chi connectivity index (χ1) is 0. The molecule has 0 N–H and O–H groups in total. The van der Waals surface area contributed by atoms with Crippen molar-refractivity contribution in [2.75, 3.05) is 0 Å². The summed E-state index contributed by atoms with van der Waals surface area (Å²) in [5.41, 5.74) is 0. The summed E-state index contributed by atoms with van der Waals surface area (Å²) in [6, 6.07) is 0. The average molecular weight is 537 g/mol. The Morgan fingerprint density at radius 1 is 1.00 bits per heavy atom. The molecular weight excluding hydrogens is 537 g/mol. The van der Waals surface area contributed by atoms with Crippen LogP contribution in [0.3, 0.4) is 0 Å². The van der Waals surface area contributed by atoms with Crippen molar-refractivity contribution in [1.82, 2.24) is 0 Å². The van der Waals surface area contributed by atoms with Crippen LogP contribution in [0.2, 0.25) is 0 Å². The molecule has 0 spiro atoms. The van der Waals surface area contributed by atoms with Gasteiger partial charge in [0.25, 0.3) is 0 Å². The molecule has 0 unspecified atom stereocenters. The fourth-order valence-corrected chi connectivity index (χ4v) is 0. The predicted octanol–water partition coefficient (Wildman–Crippen LogP) is -0.388. The SMILES string of the molecule is [Cu+].[Hg+2].[Pb].[Zn+2]. The number of rotatable bonds is 0. The van der Waals surface area contributed by atoms with Gasteiger partial charge in [-0.25, -0.2) is 0 Å². The molecule has 0 fully saturated rings. The molecule has 4 heteroatoms. The van der Waals surface area contributed by atoms with Gasteiger partial charge in [0, 0.05) is 27.3 Å². The van der Waals surface area contributed by atoms with E-state index in [4.69, 9.17) is 0 Å². The van der Waals surface area contributed by atoms with Crippen LogP contribution in [0.15, 0.2) is 0 Å². The summed E-state index contributed by atoms with van der Waals surface area (Å²) in [6.07, 6.45) is 0. The molecule has 0 aliphatic carbocycles. The molecule has 0 amide bonds. The molecule has 0 aromatic rings. The Bertz CT molecular complexity index is 8.00. The van der Waals surface area contributed by atoms with Crippen molar-refractivity contribution in [1.29, 1.82) is 0 Å². The maximum atomic E-state index is 0. The van der Waals surface area contributed by atoms with Crippen molar-refractivity contribution in [3.05, 3.63) is 0 Å². The topological polar surface area (TPSA) is 0 Å². The first-order valence-electron chi connectivity index (χ1n) is 0. The minimum Gasteiger partial charge on any atom is 0 e. The Hall–Kier alpha value is 3.00. The first kappa shape index (κ1) is 28.0. The van der Waals surface area contributed by atoms with Gasteiger partial charge in [0.1, 0.15) is 0 Å². The Kier molecular flexibility index (Phi) is 117. The van der Waals surface area contributed by atoms with Gasteiger partial charge in [-0.1, -0.05) is 0 Å². The van der Waals surface area contributed by atoms with Crippen molar-refractivity contribution in [3.8, 4) is 0 Å². The van der Waals surface area contributed by atoms with E-state index < -0.39 is 0 Å². The maximum absolute atomic E-state index is 0. The van der Waals surface area contributed by atoms with Crippen LogP contribution >= 0.6 is 0 Å². The smallest absolute Gasteiger partial charge is 0 e. The van der Waals surface area contributed by atoms with E-state index in [9.17, 15) is 0 Å². The third-order valence-electron chi connectivity index (χ3n) is 0. The summed E-state index contributed by atoms with van der Waals surface area (Å²) in [4.78, 5) is 0. The monoisotopic (exact) mass is 537 g/mol. The summed E-state index contributed by atoms with van der Waals surface area (Å²) in [5, 5.41) is 0. The van der Waals surface area contributed by atoms with Crippen LogP contribution in [0.25, 0.3) is 0 Å². The van der Waals surface area contributed by atoms with Crippen molar-refractivity contribution < 1.29 is 64.2 Å². The molecule has 0 saturated heterocycles. The maximum Gasteiger partial charge on any atom is 2.00 e. The molecule has 0 aliphatic heterocycles. The largest absolute Gasteiger partial charge is 2.00 e. The summed E-state index contributed by atoms with van der Waals surface area (Å²) in [5.74, 6) is 0. The molecule has 0 atom stereocenters. The van der Waals surface area contributed by atoms with E-state index in [1.807, 2.05) is 0 Å². The summed E-state index contributed by atoms with van der Waals surface area (Å²) in [7, 11) is 0. The van der Waals surface area contributed by atoms with Crippen LogP contribution in [0.1, 0.15) is 0 Å². The Labute approximate surface area is 89.8 Å². The predicted molar refractivity (Wildman–Crippen MR) is 5.75 cm³/mol. The third kappa shape index (κ3) is 8.89. The van der Waals surface area contributed by atoms with Gasteiger partial charge < -0.3 is 0 Å². The molecule has 0 aromatic heterocycles. The Balaban J connectivity index is 0. The third-order valence-corrected chi connectivity index (χ3v) is 0. The Morgan fingerprint density at radius 3 is 1.00 bits per heavy atom. The van der Waals surface area contributed by atoms with E-state index in [1.165, 1.54) is 0 Å². The second kappa shape index (κ2) is 16.7. The minimum atomic E-state index is 0. The fraction of sp³-hybridized carbons (Fsp3) is 0. The van der Waals surface area contributed by atoms with Gasteiger partial charge in [-0.05, 0) is 0 Å². The molecule has 0 bridgehead atoms. The van der Waals surface area contributed by atoms with Crippen molar-refractivity contribution in [3.63, 3.8) is 0 Å². The molecule has 0 aromatic carbocycles. The van der Waals surface area contributed by atoms with Gasteiger partial charge in [-0.2, -0.15) is 0 Å². The van der Waals surface area contributed by atoms with Gasteiger partial charge >= 0.3 is 64.2 Å². The molecule has 14 valence electrons. The number of hydrogen-bond acceptors (Lipinski definition) is 0. The van der Waals surface area contributed by atoms with Gasteiger partial charge in [0.2, 0.25) is 0 Å². The van der Waals surface area contributed by atoms with Crippen LogP contribution in [-0.2, 0) is 64.2 Å². The second-order valence-corrected chi connectivity index (χ2v) is 0. The van der Waals surface area contributed by atoms with Gasteiger partial charge in [-0.3, -0.25) is 0 Å². The molecular formula is CuHgPbZn+5. The molecule has 0 nitrogen and oxygen atoms in total. The summed E-state index contributed by atoms with van der Waals surface area (Å²) < 4.78 is 0. The second-order valence-electron chi connectivity index (χ2n) is 0. The first-order valence-corrected chi connectivity index (χ1v) is 0. The molecule has 4 heavy (non-hydrogen) atoms. The van der Waals surface area contributed by atoms with E-state index in [1.54, 1.807) is 0 Å². The van der Waals surface area contributed by atoms with E-state index in [0.29, 0.717) is 0 Å². The molecule has 0 aliphatic rings.